The van der Waals surface area contributed by atoms with Crippen molar-refractivity contribution in [2.24, 2.45) is 11.8 Å². The number of rotatable bonds is 16. The van der Waals surface area contributed by atoms with Gasteiger partial charge in [0.05, 0.1) is 40.1 Å². The van der Waals surface area contributed by atoms with Crippen LogP contribution in [0.1, 0.15) is 76.6 Å². The molecular formula is C46H58N10O5S. The normalized spacial score (nSPS) is 18.2. The largest absolute Gasteiger partial charge is 0.507 e. The monoisotopic (exact) mass is 862 g/mol. The molecule has 0 aliphatic carbocycles. The summed E-state index contributed by atoms with van der Waals surface area (Å²) in [5.41, 5.74) is 13.6. The van der Waals surface area contributed by atoms with E-state index in [-0.39, 0.29) is 54.8 Å². The van der Waals surface area contributed by atoms with Crippen LogP contribution in [0, 0.1) is 18.8 Å². The third kappa shape index (κ3) is 10.7. The van der Waals surface area contributed by atoms with Crippen LogP contribution >= 0.6 is 11.3 Å². The fraction of sp³-hybridized carbons (Fsp3) is 0.457. The number of thiazole rings is 1. The maximum atomic E-state index is 14.0. The number of para-hydroxylation sites is 1. The van der Waals surface area contributed by atoms with E-state index in [0.29, 0.717) is 35.1 Å². The van der Waals surface area contributed by atoms with Crippen molar-refractivity contribution < 1.29 is 24.6 Å². The molecule has 16 heteroatoms. The second-order valence-electron chi connectivity index (χ2n) is 17.0. The lowest BCUT2D eigenvalue weighted by molar-refractivity contribution is -0.142. The first-order chi connectivity index (χ1) is 29.8. The molecule has 4 atom stereocenters. The van der Waals surface area contributed by atoms with Gasteiger partial charge in [-0.25, -0.2) is 4.98 Å². The number of piperidine rings is 1. The lowest BCUT2D eigenvalue weighted by atomic mass is 9.92. The van der Waals surface area contributed by atoms with Crippen LogP contribution in [-0.2, 0) is 20.9 Å². The second-order valence-corrected chi connectivity index (χ2v) is 17.9. The summed E-state index contributed by atoms with van der Waals surface area (Å²) < 4.78 is 1.92. The molecule has 3 aromatic heterocycles. The van der Waals surface area contributed by atoms with Crippen LogP contribution in [0.25, 0.3) is 32.8 Å². The summed E-state index contributed by atoms with van der Waals surface area (Å²) >= 11 is 1.59. The quantitative estimate of drug-likeness (QED) is 0.0828. The van der Waals surface area contributed by atoms with Crippen molar-refractivity contribution in [2.75, 3.05) is 31.9 Å². The molecule has 0 unspecified atom stereocenters. The van der Waals surface area contributed by atoms with Crippen molar-refractivity contribution in [3.8, 4) is 38.6 Å². The number of phenolic OH excluding ortho intramolecular Hbond substituents is 1. The molecule has 0 bridgehead atoms. The highest BCUT2D eigenvalue weighted by Crippen LogP contribution is 2.33. The van der Waals surface area contributed by atoms with Crippen LogP contribution in [-0.4, -0.2) is 107 Å². The number of hydrogen-bond acceptors (Lipinski definition) is 12. The van der Waals surface area contributed by atoms with Crippen LogP contribution in [0.4, 0.5) is 5.82 Å². The van der Waals surface area contributed by atoms with Gasteiger partial charge in [0.2, 0.25) is 17.7 Å². The van der Waals surface area contributed by atoms with Crippen molar-refractivity contribution in [1.82, 2.24) is 45.4 Å². The van der Waals surface area contributed by atoms with Gasteiger partial charge in [0, 0.05) is 55.4 Å². The maximum Gasteiger partial charge on any atom is 0.246 e. The first-order valence-electron chi connectivity index (χ1n) is 21.6. The fourth-order valence-electron chi connectivity index (χ4n) is 8.52. The number of aromatic nitrogens is 5. The molecule has 2 saturated heterocycles. The number of aryl methyl sites for hydroxylation is 2. The number of aromatic hydroxyl groups is 1. The van der Waals surface area contributed by atoms with E-state index in [1.54, 1.807) is 35.7 Å². The van der Waals surface area contributed by atoms with Crippen molar-refractivity contribution in [3.63, 3.8) is 0 Å². The molecular weight excluding hydrogens is 805 g/mol. The van der Waals surface area contributed by atoms with Crippen LogP contribution in [0.2, 0.25) is 0 Å². The summed E-state index contributed by atoms with van der Waals surface area (Å²) in [6.07, 6.45) is 7.44. The van der Waals surface area contributed by atoms with E-state index in [4.69, 9.17) is 5.73 Å². The molecule has 3 amide bonds. The Morgan fingerprint density at radius 2 is 1.73 bits per heavy atom. The van der Waals surface area contributed by atoms with Gasteiger partial charge in [-0.1, -0.05) is 50.2 Å². The number of likely N-dealkylation sites (tertiary alicyclic amines) is 2. The summed E-state index contributed by atoms with van der Waals surface area (Å²) in [4.78, 5) is 50.1. The number of phenols is 1. The number of benzene rings is 2. The zero-order valence-electron chi connectivity index (χ0n) is 35.9. The highest BCUT2D eigenvalue weighted by atomic mass is 32.1. The Bertz CT molecular complexity index is 2320. The number of anilines is 1. The summed E-state index contributed by atoms with van der Waals surface area (Å²) in [5.74, 6) is -0.103. The average Bonchev–Trinajstić information content (AvgIpc) is 4.02. The molecule has 2 aliphatic rings. The lowest BCUT2D eigenvalue weighted by Gasteiger charge is -2.33. The smallest absolute Gasteiger partial charge is 0.246 e. The van der Waals surface area contributed by atoms with Gasteiger partial charge in [0.15, 0.2) is 5.82 Å². The molecule has 328 valence electrons. The van der Waals surface area contributed by atoms with E-state index in [2.05, 4.69) is 35.8 Å². The first-order valence-corrected chi connectivity index (χ1v) is 22.5. The number of hydrogen-bond donors (Lipinski definition) is 5. The number of amides is 3. The Morgan fingerprint density at radius 3 is 2.44 bits per heavy atom. The molecule has 2 aromatic carbocycles. The van der Waals surface area contributed by atoms with E-state index >= 15 is 0 Å². The molecule has 5 heterocycles. The number of nitrogen functional groups attached to an aromatic ring is 1. The van der Waals surface area contributed by atoms with Gasteiger partial charge in [-0.05, 0) is 93.8 Å². The second kappa shape index (κ2) is 20.0. The van der Waals surface area contributed by atoms with Gasteiger partial charge in [-0.3, -0.25) is 19.1 Å². The average molecular weight is 863 g/mol. The molecule has 0 spiro atoms. The zero-order chi connectivity index (χ0) is 43.9. The van der Waals surface area contributed by atoms with Gasteiger partial charge in [0.25, 0.3) is 0 Å². The van der Waals surface area contributed by atoms with Crippen molar-refractivity contribution in [3.05, 3.63) is 83.8 Å². The summed E-state index contributed by atoms with van der Waals surface area (Å²) in [6, 6.07) is 14.8. The maximum absolute atomic E-state index is 14.0. The topological polar surface area (TPSA) is 205 Å². The van der Waals surface area contributed by atoms with E-state index in [1.165, 1.54) is 4.90 Å². The fourth-order valence-corrected chi connectivity index (χ4v) is 9.33. The number of β-amino-alcohol motifs (C(OH)–C–C–N with tert-alkyl or cyclic N) is 1. The van der Waals surface area contributed by atoms with E-state index in [9.17, 15) is 24.6 Å². The van der Waals surface area contributed by atoms with Crippen molar-refractivity contribution in [2.45, 2.75) is 97.0 Å². The van der Waals surface area contributed by atoms with E-state index < -0.39 is 18.2 Å². The third-order valence-corrected chi connectivity index (χ3v) is 13.2. The minimum absolute atomic E-state index is 0.0341. The van der Waals surface area contributed by atoms with Crippen LogP contribution in [0.3, 0.4) is 0 Å². The minimum Gasteiger partial charge on any atom is -0.507 e. The summed E-state index contributed by atoms with van der Waals surface area (Å²) in [7, 11) is 0. The highest BCUT2D eigenvalue weighted by Gasteiger charge is 2.42. The Morgan fingerprint density at radius 1 is 0.968 bits per heavy atom. The number of carbonyl (C=O) groups is 3. The molecule has 2 aliphatic heterocycles. The number of nitrogens with zero attached hydrogens (tertiary/aromatic N) is 7. The van der Waals surface area contributed by atoms with Gasteiger partial charge < -0.3 is 36.4 Å². The zero-order valence-corrected chi connectivity index (χ0v) is 36.7. The molecule has 15 nitrogen and oxygen atoms in total. The number of aliphatic hydroxyl groups is 1. The predicted molar refractivity (Wildman–Crippen MR) is 240 cm³/mol. The Hall–Kier alpha value is -5.71. The number of nitrogens with one attached hydrogen (secondary N) is 2. The van der Waals surface area contributed by atoms with Gasteiger partial charge in [-0.2, -0.15) is 5.10 Å². The van der Waals surface area contributed by atoms with Crippen molar-refractivity contribution >= 4 is 34.9 Å². The standard InChI is InChI=1S/C46H58N10O5S/c1-28(2)42(46(61)56-26-35(57)22-39(56)45(60)50-29(3)32-11-13-33(14-12-32)43-30(4)48-27-62-43)51-41(59)17-21-54-19-15-31(16-20-54)8-7-18-55-25-34(24-49-55)37-23-38(52-53-44(37)47)36-9-5-6-10-40(36)58/h5-6,9-14,23-25,27-29,31,35,39,42,57-58H,7-8,15-22,26H2,1-4H3,(H2,47,53)(H,50,60)(H,51,59)/t29-,35+,39-,42-/m0/s1. The molecule has 0 radical (unpaired) electrons. The minimum atomic E-state index is -0.842. The van der Waals surface area contributed by atoms with E-state index in [0.717, 1.165) is 72.6 Å². The summed E-state index contributed by atoms with van der Waals surface area (Å²) in [5, 5.41) is 39.8. The Kier molecular flexibility index (Phi) is 14.3. The number of carbonyl (C=O) groups excluding carboxylic acids is 3. The molecule has 6 N–H and O–H groups in total. The first kappa shape index (κ1) is 44.3. The van der Waals surface area contributed by atoms with E-state index in [1.807, 2.05) is 80.5 Å². The lowest BCUT2D eigenvalue weighted by Crippen LogP contribution is -2.55. The van der Waals surface area contributed by atoms with Crippen LogP contribution < -0.4 is 16.4 Å². The van der Waals surface area contributed by atoms with Gasteiger partial charge in [0.1, 0.15) is 17.8 Å². The van der Waals surface area contributed by atoms with Crippen LogP contribution in [0.15, 0.2) is 72.5 Å². The summed E-state index contributed by atoms with van der Waals surface area (Å²) in [6.45, 7) is 10.8. The highest BCUT2D eigenvalue weighted by molar-refractivity contribution is 7.13. The van der Waals surface area contributed by atoms with Gasteiger partial charge in [-0.15, -0.1) is 21.5 Å². The molecule has 2 fully saturated rings. The molecule has 62 heavy (non-hydrogen) atoms. The van der Waals surface area contributed by atoms with Crippen LogP contribution in [0.5, 0.6) is 5.75 Å². The van der Waals surface area contributed by atoms with Crippen molar-refractivity contribution in [1.29, 1.82) is 0 Å². The third-order valence-electron chi connectivity index (χ3n) is 12.2. The number of aliphatic hydroxyl groups excluding tert-OH is 1. The molecule has 5 aromatic rings. The van der Waals surface area contributed by atoms with Gasteiger partial charge >= 0.3 is 0 Å². The SMILES string of the molecule is Cc1ncsc1-c1ccc([C@H](C)NC(=O)[C@@H]2C[C@@H](O)CN2C(=O)[C@@H](NC(=O)CCN2CCC(CCCn3cc(-c4cc(-c5ccccc5O)nnc4N)cn3)CC2)C(C)C)cc1. The predicted octanol–water partition coefficient (Wildman–Crippen LogP) is 5.59. The molecule has 7 rings (SSSR count). The Labute approximate surface area is 366 Å². The Balaban J connectivity index is 0.837. The number of nitrogens with two attached hydrogens (primary N) is 1. The molecule has 0 saturated carbocycles.